The summed E-state index contributed by atoms with van der Waals surface area (Å²) in [7, 11) is 0. The SMILES string of the molecule is Cc1sc(-c2ccc(OCCOCCOCC(=O)On3c(O)ccc3O)cc2)cc1C1=C(c2cc(-c3ccc(OCCOCCOCC(=O)On4c(O)ccc4O)cc3)sc2C)C(F)(F)C(F)(F)C1(F)F. The number of benzene rings is 2. The van der Waals surface area contributed by atoms with E-state index in [0.29, 0.717) is 41.8 Å². The summed E-state index contributed by atoms with van der Waals surface area (Å²) in [4.78, 5) is 34.1. The molecule has 0 saturated carbocycles. The van der Waals surface area contributed by atoms with Crippen molar-refractivity contribution in [1.82, 2.24) is 9.46 Å². The van der Waals surface area contributed by atoms with Gasteiger partial charge in [-0.3, -0.25) is 0 Å². The zero-order valence-electron chi connectivity index (χ0n) is 37.5. The molecule has 0 fully saturated rings. The third-order valence-corrected chi connectivity index (χ3v) is 12.7. The molecular formula is C47H44F6N2O14S2. The molecule has 1 aliphatic carbocycles. The smallest absolute Gasteiger partial charge is 0.380 e. The van der Waals surface area contributed by atoms with Gasteiger partial charge < -0.3 is 58.5 Å². The second kappa shape index (κ2) is 22.2. The lowest BCUT2D eigenvalue weighted by atomic mass is 9.94. The number of halogens is 6. The Labute approximate surface area is 407 Å². The van der Waals surface area contributed by atoms with Crippen molar-refractivity contribution in [2.24, 2.45) is 0 Å². The van der Waals surface area contributed by atoms with Gasteiger partial charge in [-0.25, -0.2) is 9.59 Å². The van der Waals surface area contributed by atoms with Gasteiger partial charge in [-0.1, -0.05) is 0 Å². The van der Waals surface area contributed by atoms with Crippen molar-refractivity contribution >= 4 is 45.8 Å². The van der Waals surface area contributed by atoms with Gasteiger partial charge in [-0.15, -0.1) is 32.1 Å². The Hall–Kier alpha value is -6.70. The van der Waals surface area contributed by atoms with E-state index >= 15 is 26.3 Å². The Kier molecular flexibility index (Phi) is 16.3. The lowest BCUT2D eigenvalue weighted by Gasteiger charge is -2.25. The maximum absolute atomic E-state index is 15.9. The Morgan fingerprint density at radius 2 is 0.817 bits per heavy atom. The summed E-state index contributed by atoms with van der Waals surface area (Å²) in [5.74, 6) is -19.1. The average Bonchev–Trinajstić information content (AvgIpc) is 4.10. The standard InChI is InChI=1S/C47H44F6N2O14S2/c1-27-33(23-35(70-27)29-3-7-31(8-4-29)66-21-19-62-15-17-64-25-41(60)68-54-37(56)11-12-38(54)57)43-44(46(50,51)47(52,53)45(43,48)49)34-24-36(71-28(34)2)30-5-9-32(10-6-30)67-22-20-63-16-18-65-26-42(61)69-55-39(58)13-14-40(55)59/h3-14,23-24,56-59H,15-22,25-26H2,1-2H3. The number of hydrogen-bond donors (Lipinski definition) is 4. The van der Waals surface area contributed by atoms with E-state index in [1.165, 1.54) is 26.0 Å². The van der Waals surface area contributed by atoms with Crippen LogP contribution in [0.15, 0.2) is 84.9 Å². The maximum Gasteiger partial charge on any atom is 0.380 e. The van der Waals surface area contributed by atoms with Crippen LogP contribution in [0.5, 0.6) is 35.0 Å². The van der Waals surface area contributed by atoms with Crippen LogP contribution < -0.4 is 19.1 Å². The molecule has 0 unspecified atom stereocenters. The van der Waals surface area contributed by atoms with Gasteiger partial charge in [0.05, 0.1) is 39.6 Å². The number of aromatic hydroxyl groups is 4. The molecule has 0 amide bonds. The number of aryl methyl sites for hydroxylation is 2. The van der Waals surface area contributed by atoms with Crippen LogP contribution in [0.2, 0.25) is 0 Å². The van der Waals surface area contributed by atoms with Crippen molar-refractivity contribution in [3.63, 3.8) is 0 Å². The molecule has 7 rings (SSSR count). The number of nitrogens with zero attached hydrogens (tertiary/aromatic N) is 2. The number of ether oxygens (including phenoxy) is 6. The van der Waals surface area contributed by atoms with Crippen LogP contribution in [0.1, 0.15) is 20.9 Å². The molecule has 0 aliphatic heterocycles. The highest BCUT2D eigenvalue weighted by Gasteiger charge is 2.80. The normalized spacial score (nSPS) is 14.8. The van der Waals surface area contributed by atoms with E-state index in [9.17, 15) is 30.0 Å². The monoisotopic (exact) mass is 1040 g/mol. The summed E-state index contributed by atoms with van der Waals surface area (Å²) in [6.45, 7) is 2.51. The van der Waals surface area contributed by atoms with E-state index < -0.39 is 88.7 Å². The predicted octanol–water partition coefficient (Wildman–Crippen LogP) is 8.15. The minimum Gasteiger partial charge on any atom is -0.492 e. The van der Waals surface area contributed by atoms with Crippen LogP contribution in [0.3, 0.4) is 0 Å². The lowest BCUT2D eigenvalue weighted by molar-refractivity contribution is -0.254. The number of hydrogen-bond acceptors (Lipinski definition) is 16. The molecule has 24 heteroatoms. The van der Waals surface area contributed by atoms with Crippen molar-refractivity contribution in [3.05, 3.63) is 106 Å². The molecule has 0 spiro atoms. The number of allylic oxidation sites excluding steroid dienone is 2. The van der Waals surface area contributed by atoms with E-state index in [1.54, 1.807) is 48.5 Å². The van der Waals surface area contributed by atoms with Gasteiger partial charge in [0, 0.05) is 54.9 Å². The summed E-state index contributed by atoms with van der Waals surface area (Å²) in [5.41, 5.74) is -2.77. The number of aromatic nitrogens is 2. The van der Waals surface area contributed by atoms with E-state index in [-0.39, 0.29) is 62.6 Å². The molecule has 0 bridgehead atoms. The van der Waals surface area contributed by atoms with Crippen molar-refractivity contribution in [1.29, 1.82) is 0 Å². The largest absolute Gasteiger partial charge is 0.492 e. The first-order valence-corrected chi connectivity index (χ1v) is 22.9. The van der Waals surface area contributed by atoms with E-state index in [0.717, 1.165) is 46.9 Å². The van der Waals surface area contributed by atoms with Crippen molar-refractivity contribution in [3.8, 4) is 55.9 Å². The number of alkyl halides is 6. The first-order valence-electron chi connectivity index (χ1n) is 21.3. The average molecular weight is 1040 g/mol. The fourth-order valence-electron chi connectivity index (χ4n) is 7.04. The summed E-state index contributed by atoms with van der Waals surface area (Å²) in [6, 6.07) is 19.7. The molecule has 380 valence electrons. The van der Waals surface area contributed by atoms with Crippen molar-refractivity contribution in [2.45, 2.75) is 31.6 Å². The third kappa shape index (κ3) is 11.6. The second-order valence-corrected chi connectivity index (χ2v) is 17.8. The Balaban J connectivity index is 0.921. The highest BCUT2D eigenvalue weighted by Crippen LogP contribution is 2.66. The van der Waals surface area contributed by atoms with E-state index in [2.05, 4.69) is 0 Å². The summed E-state index contributed by atoms with van der Waals surface area (Å²) in [5, 5.41) is 38.1. The van der Waals surface area contributed by atoms with Gasteiger partial charge >= 0.3 is 29.7 Å². The highest BCUT2D eigenvalue weighted by molar-refractivity contribution is 7.16. The molecule has 4 N–H and O–H groups in total. The molecule has 2 aromatic carbocycles. The van der Waals surface area contributed by atoms with E-state index in [1.807, 2.05) is 0 Å². The third-order valence-electron chi connectivity index (χ3n) is 10.5. The van der Waals surface area contributed by atoms with Crippen LogP contribution in [-0.2, 0) is 28.5 Å². The zero-order chi connectivity index (χ0) is 51.1. The second-order valence-electron chi connectivity index (χ2n) is 15.3. The van der Waals surface area contributed by atoms with Crippen LogP contribution >= 0.6 is 22.7 Å². The van der Waals surface area contributed by atoms with Gasteiger partial charge in [-0.05, 0) is 96.8 Å². The Bertz CT molecular complexity index is 2610. The van der Waals surface area contributed by atoms with Crippen LogP contribution in [0.25, 0.3) is 32.0 Å². The van der Waals surface area contributed by atoms with Gasteiger partial charge in [0.2, 0.25) is 23.5 Å². The molecule has 16 nitrogen and oxygen atoms in total. The first-order chi connectivity index (χ1) is 33.8. The van der Waals surface area contributed by atoms with Gasteiger partial charge in [-0.2, -0.15) is 26.3 Å². The lowest BCUT2D eigenvalue weighted by Crippen LogP contribution is -2.48. The van der Waals surface area contributed by atoms with Crippen molar-refractivity contribution in [2.75, 3.05) is 66.1 Å². The van der Waals surface area contributed by atoms with Gasteiger partial charge in [0.1, 0.15) is 37.9 Å². The molecule has 0 radical (unpaired) electrons. The van der Waals surface area contributed by atoms with Gasteiger partial charge in [0.25, 0.3) is 0 Å². The molecule has 6 aromatic rings. The molecule has 1 aliphatic rings. The quantitative estimate of drug-likeness (QED) is 0.0335. The molecule has 4 heterocycles. The highest BCUT2D eigenvalue weighted by atomic mass is 32.1. The van der Waals surface area contributed by atoms with Crippen molar-refractivity contribution < 1.29 is 94.5 Å². The minimum atomic E-state index is -5.75. The Morgan fingerprint density at radius 3 is 1.17 bits per heavy atom. The number of carbonyl (C=O) groups is 2. The predicted molar refractivity (Wildman–Crippen MR) is 244 cm³/mol. The summed E-state index contributed by atoms with van der Waals surface area (Å²) < 4.78 is 128. The summed E-state index contributed by atoms with van der Waals surface area (Å²) >= 11 is 1.96. The molecule has 0 atom stereocenters. The molecular weight excluding hydrogens is 995 g/mol. The topological polar surface area (TPSA) is 199 Å². The number of thiophene rings is 2. The fraction of sp³-hybridized carbons (Fsp3) is 0.319. The number of carbonyl (C=O) groups excluding carboxylic acids is 2. The Morgan fingerprint density at radius 1 is 0.493 bits per heavy atom. The first kappa shape index (κ1) is 52.1. The molecule has 0 saturated heterocycles. The van der Waals surface area contributed by atoms with Crippen LogP contribution in [-0.4, -0.2) is 126 Å². The molecule has 71 heavy (non-hydrogen) atoms. The maximum atomic E-state index is 15.9. The van der Waals surface area contributed by atoms with Crippen LogP contribution in [0.4, 0.5) is 26.3 Å². The van der Waals surface area contributed by atoms with Crippen LogP contribution in [0, 0.1) is 13.8 Å². The fourth-order valence-corrected chi connectivity index (χ4v) is 9.11. The minimum absolute atomic E-state index is 0.0137. The van der Waals surface area contributed by atoms with E-state index in [4.69, 9.17) is 38.1 Å². The number of rotatable bonds is 24. The van der Waals surface area contributed by atoms with Gasteiger partial charge in [0.15, 0.2) is 0 Å². The summed E-state index contributed by atoms with van der Waals surface area (Å²) in [6.07, 6.45) is 0. The zero-order valence-corrected chi connectivity index (χ0v) is 39.1. The molecule has 4 aromatic heterocycles.